The molecule has 0 bridgehead atoms. The van der Waals surface area contributed by atoms with Gasteiger partial charge in [0.1, 0.15) is 0 Å². The van der Waals surface area contributed by atoms with Crippen LogP contribution >= 0.6 is 0 Å². The Labute approximate surface area is 116 Å². The molecule has 1 saturated heterocycles. The normalized spacial score (nSPS) is 40.8. The van der Waals surface area contributed by atoms with Crippen LogP contribution in [0.15, 0.2) is 0 Å². The molecule has 0 aromatic rings. The van der Waals surface area contributed by atoms with Crippen molar-refractivity contribution in [1.82, 2.24) is 4.90 Å². The Morgan fingerprint density at radius 3 is 2.68 bits per heavy atom. The molecule has 4 heteroatoms. The molecule has 0 radical (unpaired) electrons. The highest BCUT2D eigenvalue weighted by atomic mass is 16.3. The molecular formula is C15H28N2O2. The molecule has 0 aromatic carbocycles. The average Bonchev–Trinajstić information content (AvgIpc) is 2.49. The van der Waals surface area contributed by atoms with Gasteiger partial charge in [0.05, 0.1) is 11.1 Å². The van der Waals surface area contributed by atoms with Crippen LogP contribution in [0.4, 0.5) is 0 Å². The lowest BCUT2D eigenvalue weighted by atomic mass is 9.76. The predicted octanol–water partition coefficient (Wildman–Crippen LogP) is 1.66. The molecule has 2 rings (SSSR count). The molecule has 1 amide bonds. The van der Waals surface area contributed by atoms with E-state index in [0.29, 0.717) is 18.9 Å². The SMILES string of the molecule is CC1CCCC(N)(C(=O)N2CCCC(C)(O)CC2)C1. The van der Waals surface area contributed by atoms with Gasteiger partial charge in [0.2, 0.25) is 5.91 Å². The fourth-order valence-corrected chi connectivity index (χ4v) is 3.57. The third-order valence-corrected chi connectivity index (χ3v) is 4.81. The molecule has 19 heavy (non-hydrogen) atoms. The van der Waals surface area contributed by atoms with Crippen molar-refractivity contribution in [3.63, 3.8) is 0 Å². The highest BCUT2D eigenvalue weighted by molar-refractivity contribution is 5.86. The maximum Gasteiger partial charge on any atom is 0.242 e. The second-order valence-electron chi connectivity index (χ2n) is 7.00. The first-order valence-electron chi connectivity index (χ1n) is 7.63. The summed E-state index contributed by atoms with van der Waals surface area (Å²) in [5.41, 5.74) is 5.10. The van der Waals surface area contributed by atoms with E-state index in [1.807, 2.05) is 11.8 Å². The Kier molecular flexibility index (Phi) is 4.21. The van der Waals surface area contributed by atoms with Crippen LogP contribution in [0, 0.1) is 5.92 Å². The zero-order valence-corrected chi connectivity index (χ0v) is 12.3. The number of likely N-dealkylation sites (tertiary alicyclic amines) is 1. The molecule has 4 nitrogen and oxygen atoms in total. The number of carbonyl (C=O) groups is 1. The minimum atomic E-state index is -0.659. The highest BCUT2D eigenvalue weighted by Gasteiger charge is 2.41. The van der Waals surface area contributed by atoms with Gasteiger partial charge in [-0.2, -0.15) is 0 Å². The number of nitrogens with two attached hydrogens (primary N) is 1. The van der Waals surface area contributed by atoms with Crippen LogP contribution in [0.2, 0.25) is 0 Å². The molecule has 1 heterocycles. The summed E-state index contributed by atoms with van der Waals surface area (Å²) in [5.74, 6) is 0.648. The molecule has 2 fully saturated rings. The van der Waals surface area contributed by atoms with Gasteiger partial charge in [0.15, 0.2) is 0 Å². The van der Waals surface area contributed by atoms with Gasteiger partial charge in [-0.25, -0.2) is 0 Å². The summed E-state index contributed by atoms with van der Waals surface area (Å²) in [5, 5.41) is 10.1. The molecule has 2 aliphatic rings. The van der Waals surface area contributed by atoms with Crippen molar-refractivity contribution in [2.75, 3.05) is 13.1 Å². The van der Waals surface area contributed by atoms with Crippen LogP contribution < -0.4 is 5.73 Å². The van der Waals surface area contributed by atoms with E-state index >= 15 is 0 Å². The van der Waals surface area contributed by atoms with Crippen LogP contribution in [0.3, 0.4) is 0 Å². The van der Waals surface area contributed by atoms with Crippen LogP contribution in [0.5, 0.6) is 0 Å². The summed E-state index contributed by atoms with van der Waals surface area (Å²) in [6.07, 6.45) is 6.14. The Hall–Kier alpha value is -0.610. The fraction of sp³-hybridized carbons (Fsp3) is 0.933. The summed E-state index contributed by atoms with van der Waals surface area (Å²) >= 11 is 0. The summed E-state index contributed by atoms with van der Waals surface area (Å²) in [4.78, 5) is 14.6. The van der Waals surface area contributed by atoms with Crippen molar-refractivity contribution in [3.05, 3.63) is 0 Å². The Balaban J connectivity index is 2.02. The molecule has 1 saturated carbocycles. The molecule has 3 N–H and O–H groups in total. The fourth-order valence-electron chi connectivity index (χ4n) is 3.57. The highest BCUT2D eigenvalue weighted by Crippen LogP contribution is 2.33. The van der Waals surface area contributed by atoms with Crippen LogP contribution in [0.1, 0.15) is 58.8 Å². The topological polar surface area (TPSA) is 66.6 Å². The van der Waals surface area contributed by atoms with Crippen molar-refractivity contribution in [1.29, 1.82) is 0 Å². The summed E-state index contributed by atoms with van der Waals surface area (Å²) in [6.45, 7) is 5.42. The van der Waals surface area contributed by atoms with Crippen LogP contribution in [-0.4, -0.2) is 40.1 Å². The number of aliphatic hydroxyl groups is 1. The van der Waals surface area contributed by atoms with Crippen molar-refractivity contribution in [2.24, 2.45) is 11.7 Å². The predicted molar refractivity (Wildman–Crippen MR) is 75.6 cm³/mol. The zero-order chi connectivity index (χ0) is 14.1. The average molecular weight is 268 g/mol. The molecule has 0 aromatic heterocycles. The van der Waals surface area contributed by atoms with Crippen molar-refractivity contribution < 1.29 is 9.90 Å². The second-order valence-corrected chi connectivity index (χ2v) is 7.00. The van der Waals surface area contributed by atoms with Gasteiger partial charge in [-0.3, -0.25) is 4.79 Å². The van der Waals surface area contributed by atoms with Crippen molar-refractivity contribution in [2.45, 2.75) is 69.9 Å². The number of hydrogen-bond donors (Lipinski definition) is 2. The first-order valence-corrected chi connectivity index (χ1v) is 7.63. The van der Waals surface area contributed by atoms with E-state index in [0.717, 1.165) is 38.6 Å². The lowest BCUT2D eigenvalue weighted by molar-refractivity contribution is -0.139. The van der Waals surface area contributed by atoms with Gasteiger partial charge in [-0.15, -0.1) is 0 Å². The standard InChI is InChI=1S/C15H28N2O2/c1-12-5-3-7-15(16,11-12)13(18)17-9-4-6-14(2,19)8-10-17/h12,19H,3-11,16H2,1-2H3. The molecule has 110 valence electrons. The number of rotatable bonds is 1. The first-order chi connectivity index (χ1) is 8.82. The number of nitrogens with zero attached hydrogens (tertiary/aromatic N) is 1. The van der Waals surface area contributed by atoms with E-state index in [2.05, 4.69) is 6.92 Å². The van der Waals surface area contributed by atoms with Crippen LogP contribution in [-0.2, 0) is 4.79 Å². The third kappa shape index (κ3) is 3.48. The zero-order valence-electron chi connectivity index (χ0n) is 12.3. The molecule has 3 unspecified atom stereocenters. The summed E-state index contributed by atoms with van der Waals surface area (Å²) in [7, 11) is 0. The first kappa shape index (κ1) is 14.8. The number of hydrogen-bond acceptors (Lipinski definition) is 3. The molecular weight excluding hydrogens is 240 g/mol. The largest absolute Gasteiger partial charge is 0.390 e. The van der Waals surface area contributed by atoms with E-state index in [9.17, 15) is 9.90 Å². The minimum absolute atomic E-state index is 0.108. The van der Waals surface area contributed by atoms with Gasteiger partial charge in [-0.05, 0) is 44.9 Å². The molecule has 3 atom stereocenters. The van der Waals surface area contributed by atoms with Gasteiger partial charge in [0, 0.05) is 13.1 Å². The lowest BCUT2D eigenvalue weighted by Crippen LogP contribution is -2.57. The van der Waals surface area contributed by atoms with Gasteiger partial charge >= 0.3 is 0 Å². The van der Waals surface area contributed by atoms with Gasteiger partial charge in [0.25, 0.3) is 0 Å². The second kappa shape index (κ2) is 5.41. The van der Waals surface area contributed by atoms with E-state index in [-0.39, 0.29) is 5.91 Å². The maximum atomic E-state index is 12.7. The van der Waals surface area contributed by atoms with Crippen molar-refractivity contribution >= 4 is 5.91 Å². The lowest BCUT2D eigenvalue weighted by Gasteiger charge is -2.39. The third-order valence-electron chi connectivity index (χ3n) is 4.81. The molecule has 1 aliphatic heterocycles. The quantitative estimate of drug-likeness (QED) is 0.760. The smallest absolute Gasteiger partial charge is 0.242 e. The summed E-state index contributed by atoms with van der Waals surface area (Å²) < 4.78 is 0. The monoisotopic (exact) mass is 268 g/mol. The van der Waals surface area contributed by atoms with E-state index in [4.69, 9.17) is 5.73 Å². The van der Waals surface area contributed by atoms with E-state index < -0.39 is 11.1 Å². The summed E-state index contributed by atoms with van der Waals surface area (Å²) in [6, 6.07) is 0. The van der Waals surface area contributed by atoms with Gasteiger partial charge in [-0.1, -0.05) is 19.8 Å². The van der Waals surface area contributed by atoms with E-state index in [1.54, 1.807) is 0 Å². The van der Waals surface area contributed by atoms with Crippen molar-refractivity contribution in [3.8, 4) is 0 Å². The van der Waals surface area contributed by atoms with E-state index in [1.165, 1.54) is 6.42 Å². The maximum absolute atomic E-state index is 12.7. The minimum Gasteiger partial charge on any atom is -0.390 e. The van der Waals surface area contributed by atoms with Gasteiger partial charge < -0.3 is 15.7 Å². The number of amides is 1. The Bertz CT molecular complexity index is 343. The van der Waals surface area contributed by atoms with Crippen LogP contribution in [0.25, 0.3) is 0 Å². The number of carbonyl (C=O) groups excluding carboxylic acids is 1. The Morgan fingerprint density at radius 2 is 2.00 bits per heavy atom. The molecule has 1 aliphatic carbocycles. The molecule has 0 spiro atoms. The Morgan fingerprint density at radius 1 is 1.26 bits per heavy atom.